The molecule has 2 saturated heterocycles. The molecule has 2 aliphatic heterocycles. The lowest BCUT2D eigenvalue weighted by atomic mass is 9.93. The Balaban J connectivity index is 1.56. The topological polar surface area (TPSA) is 64.6 Å². The number of carbonyl (C=O) groups excluding carboxylic acids is 1. The standard InChI is InChI=1S/C21H36N6O/c1-5-17-12-20(23-15-22-17)27-10-7-8-18(14-27)24-21(28)25(4)19-9-11-26(6-2)13-16(19)3/h12,15-16,18-19H,5-11,13-14H2,1-4H3,(H,24,28)/t16-,18+,19-/m1/s1. The summed E-state index contributed by atoms with van der Waals surface area (Å²) < 4.78 is 0. The molecule has 0 radical (unpaired) electrons. The molecule has 2 fully saturated rings. The minimum atomic E-state index is 0.0607. The van der Waals surface area contributed by atoms with Gasteiger partial charge in [-0.15, -0.1) is 0 Å². The van der Waals surface area contributed by atoms with E-state index in [2.05, 4.69) is 51.9 Å². The highest BCUT2D eigenvalue weighted by Crippen LogP contribution is 2.22. The van der Waals surface area contributed by atoms with Crippen LogP contribution in [0.4, 0.5) is 10.6 Å². The van der Waals surface area contributed by atoms with Crippen molar-refractivity contribution >= 4 is 11.8 Å². The van der Waals surface area contributed by atoms with Crippen molar-refractivity contribution in [3.8, 4) is 0 Å². The van der Waals surface area contributed by atoms with Gasteiger partial charge in [0, 0.05) is 57.1 Å². The first kappa shape index (κ1) is 20.8. The van der Waals surface area contributed by atoms with Crippen molar-refractivity contribution in [1.82, 2.24) is 25.1 Å². The van der Waals surface area contributed by atoms with Gasteiger partial charge in [-0.2, -0.15) is 0 Å². The largest absolute Gasteiger partial charge is 0.354 e. The number of likely N-dealkylation sites (tertiary alicyclic amines) is 1. The molecule has 0 spiro atoms. The van der Waals surface area contributed by atoms with Crippen LogP contribution in [0.1, 0.15) is 45.7 Å². The number of aryl methyl sites for hydroxylation is 1. The van der Waals surface area contributed by atoms with Gasteiger partial charge in [0.25, 0.3) is 0 Å². The third-order valence-electron chi connectivity index (χ3n) is 6.35. The number of amides is 2. The number of anilines is 1. The minimum absolute atomic E-state index is 0.0607. The van der Waals surface area contributed by atoms with Gasteiger partial charge in [-0.25, -0.2) is 14.8 Å². The van der Waals surface area contributed by atoms with Crippen molar-refractivity contribution in [2.24, 2.45) is 5.92 Å². The Bertz CT molecular complexity index is 654. The average molecular weight is 389 g/mol. The zero-order valence-electron chi connectivity index (χ0n) is 17.9. The third-order valence-corrected chi connectivity index (χ3v) is 6.35. The number of urea groups is 1. The van der Waals surface area contributed by atoms with Crippen molar-refractivity contribution in [3.05, 3.63) is 18.1 Å². The molecule has 7 heteroatoms. The lowest BCUT2D eigenvalue weighted by Gasteiger charge is -2.42. The number of piperidine rings is 2. The Labute approximate surface area is 169 Å². The highest BCUT2D eigenvalue weighted by molar-refractivity contribution is 5.74. The predicted molar refractivity (Wildman–Crippen MR) is 113 cm³/mol. The molecule has 0 saturated carbocycles. The summed E-state index contributed by atoms with van der Waals surface area (Å²) in [5.74, 6) is 1.47. The van der Waals surface area contributed by atoms with Crippen LogP contribution >= 0.6 is 0 Å². The van der Waals surface area contributed by atoms with Crippen molar-refractivity contribution in [3.63, 3.8) is 0 Å². The molecule has 3 atom stereocenters. The van der Waals surface area contributed by atoms with Crippen LogP contribution in [0.3, 0.4) is 0 Å². The second-order valence-corrected chi connectivity index (χ2v) is 8.29. The maximum absolute atomic E-state index is 12.9. The van der Waals surface area contributed by atoms with Gasteiger partial charge in [0.1, 0.15) is 12.1 Å². The van der Waals surface area contributed by atoms with E-state index in [1.165, 1.54) is 0 Å². The predicted octanol–water partition coefficient (Wildman–Crippen LogP) is 2.38. The summed E-state index contributed by atoms with van der Waals surface area (Å²) >= 11 is 0. The second-order valence-electron chi connectivity index (χ2n) is 8.29. The van der Waals surface area contributed by atoms with Gasteiger partial charge in [-0.1, -0.05) is 20.8 Å². The summed E-state index contributed by atoms with van der Waals surface area (Å²) in [6.45, 7) is 11.6. The fourth-order valence-corrected chi connectivity index (χ4v) is 4.56. The molecule has 2 aliphatic rings. The van der Waals surface area contributed by atoms with Crippen molar-refractivity contribution < 1.29 is 4.79 Å². The molecule has 0 aliphatic carbocycles. The first-order valence-corrected chi connectivity index (χ1v) is 10.8. The SMILES string of the molecule is CCc1cc(N2CCC[C@H](NC(=O)N(C)[C@@H]3CCN(CC)C[C@H]3C)C2)ncn1. The average Bonchev–Trinajstić information content (AvgIpc) is 2.73. The molecule has 1 aromatic heterocycles. The lowest BCUT2D eigenvalue weighted by molar-refractivity contribution is 0.0949. The molecule has 1 N–H and O–H groups in total. The highest BCUT2D eigenvalue weighted by atomic mass is 16.2. The molecule has 0 bridgehead atoms. The zero-order chi connectivity index (χ0) is 20.1. The smallest absolute Gasteiger partial charge is 0.317 e. The summed E-state index contributed by atoms with van der Waals surface area (Å²) in [6.07, 6.45) is 5.69. The number of hydrogen-bond donors (Lipinski definition) is 1. The van der Waals surface area contributed by atoms with E-state index in [1.807, 2.05) is 11.9 Å². The van der Waals surface area contributed by atoms with E-state index in [4.69, 9.17) is 0 Å². The van der Waals surface area contributed by atoms with Crippen LogP contribution in [0.5, 0.6) is 0 Å². The Morgan fingerprint density at radius 1 is 1.25 bits per heavy atom. The lowest BCUT2D eigenvalue weighted by Crippen LogP contribution is -2.56. The first-order valence-electron chi connectivity index (χ1n) is 10.8. The summed E-state index contributed by atoms with van der Waals surface area (Å²) in [5, 5.41) is 3.28. The molecule has 156 valence electrons. The Morgan fingerprint density at radius 3 is 2.79 bits per heavy atom. The molecule has 28 heavy (non-hydrogen) atoms. The molecule has 0 unspecified atom stereocenters. The molecule has 2 amide bonds. The summed E-state index contributed by atoms with van der Waals surface area (Å²) in [7, 11) is 1.96. The van der Waals surface area contributed by atoms with Crippen LogP contribution in [0.2, 0.25) is 0 Å². The van der Waals surface area contributed by atoms with E-state index in [0.717, 1.165) is 69.9 Å². The van der Waals surface area contributed by atoms with Crippen LogP contribution in [0.15, 0.2) is 12.4 Å². The van der Waals surface area contributed by atoms with E-state index >= 15 is 0 Å². The minimum Gasteiger partial charge on any atom is -0.354 e. The number of nitrogens with zero attached hydrogens (tertiary/aromatic N) is 5. The number of rotatable bonds is 5. The molecular formula is C21H36N6O. The Hall–Kier alpha value is -1.89. The second kappa shape index (κ2) is 9.54. The quantitative estimate of drug-likeness (QED) is 0.839. The van der Waals surface area contributed by atoms with Crippen LogP contribution in [-0.2, 0) is 6.42 Å². The number of aromatic nitrogens is 2. The monoisotopic (exact) mass is 388 g/mol. The van der Waals surface area contributed by atoms with Crippen LogP contribution < -0.4 is 10.2 Å². The maximum Gasteiger partial charge on any atom is 0.317 e. The van der Waals surface area contributed by atoms with Gasteiger partial charge < -0.3 is 20.0 Å². The van der Waals surface area contributed by atoms with Crippen molar-refractivity contribution in [2.75, 3.05) is 44.7 Å². The zero-order valence-corrected chi connectivity index (χ0v) is 17.9. The highest BCUT2D eigenvalue weighted by Gasteiger charge is 2.32. The van der Waals surface area contributed by atoms with E-state index in [0.29, 0.717) is 12.0 Å². The third kappa shape index (κ3) is 4.93. The van der Waals surface area contributed by atoms with E-state index in [1.54, 1.807) is 6.33 Å². The molecule has 3 rings (SSSR count). The van der Waals surface area contributed by atoms with Crippen molar-refractivity contribution in [2.45, 2.75) is 58.5 Å². The summed E-state index contributed by atoms with van der Waals surface area (Å²) in [6, 6.07) is 2.61. The van der Waals surface area contributed by atoms with Crippen LogP contribution in [0.25, 0.3) is 0 Å². The van der Waals surface area contributed by atoms with Gasteiger partial charge in [-0.3, -0.25) is 0 Å². The van der Waals surface area contributed by atoms with E-state index in [-0.39, 0.29) is 12.1 Å². The Kier molecular flexibility index (Phi) is 7.10. The summed E-state index contributed by atoms with van der Waals surface area (Å²) in [5.41, 5.74) is 1.06. The van der Waals surface area contributed by atoms with Gasteiger partial charge in [0.05, 0.1) is 0 Å². The molecule has 1 aromatic rings. The van der Waals surface area contributed by atoms with Crippen LogP contribution in [0, 0.1) is 5.92 Å². The molecule has 3 heterocycles. The van der Waals surface area contributed by atoms with E-state index in [9.17, 15) is 4.79 Å². The van der Waals surface area contributed by atoms with Gasteiger partial charge in [-0.05, 0) is 38.1 Å². The Morgan fingerprint density at radius 2 is 2.07 bits per heavy atom. The fraction of sp³-hybridized carbons (Fsp3) is 0.762. The van der Waals surface area contributed by atoms with Gasteiger partial charge in [0.2, 0.25) is 0 Å². The molecule has 7 nitrogen and oxygen atoms in total. The van der Waals surface area contributed by atoms with Crippen LogP contribution in [-0.4, -0.2) is 77.7 Å². The van der Waals surface area contributed by atoms with Gasteiger partial charge in [0.15, 0.2) is 0 Å². The summed E-state index contributed by atoms with van der Waals surface area (Å²) in [4.78, 5) is 28.3. The van der Waals surface area contributed by atoms with Gasteiger partial charge >= 0.3 is 6.03 Å². The molecule has 0 aromatic carbocycles. The number of carbonyl (C=O) groups is 1. The number of nitrogens with one attached hydrogen (secondary N) is 1. The molecular weight excluding hydrogens is 352 g/mol. The van der Waals surface area contributed by atoms with Crippen molar-refractivity contribution in [1.29, 1.82) is 0 Å². The fourth-order valence-electron chi connectivity index (χ4n) is 4.56. The normalized spacial score (nSPS) is 26.1. The first-order chi connectivity index (χ1) is 13.5. The maximum atomic E-state index is 12.9. The van der Waals surface area contributed by atoms with E-state index < -0.39 is 0 Å². The number of hydrogen-bond acceptors (Lipinski definition) is 5.